The van der Waals surface area contributed by atoms with Crippen molar-refractivity contribution in [2.24, 2.45) is 0 Å². The lowest BCUT2D eigenvalue weighted by atomic mass is 10.2. The highest BCUT2D eigenvalue weighted by molar-refractivity contribution is 6.31. The maximum atomic E-state index is 12.1. The van der Waals surface area contributed by atoms with Crippen LogP contribution in [-0.4, -0.2) is 22.5 Å². The summed E-state index contributed by atoms with van der Waals surface area (Å²) in [6.07, 6.45) is 0. The van der Waals surface area contributed by atoms with E-state index in [1.165, 1.54) is 0 Å². The number of nitrogens with zero attached hydrogens (tertiary/aromatic N) is 3. The molecule has 0 saturated heterocycles. The van der Waals surface area contributed by atoms with E-state index >= 15 is 0 Å². The summed E-state index contributed by atoms with van der Waals surface area (Å²) in [6.45, 7) is 2.03. The van der Waals surface area contributed by atoms with Gasteiger partial charge in [0, 0.05) is 16.8 Å². The molecule has 0 unspecified atom stereocenters. The zero-order chi connectivity index (χ0) is 15.0. The number of nitrogens with two attached hydrogens (primary N) is 1. The molecule has 1 aromatic carbocycles. The maximum absolute atomic E-state index is 12.1. The number of carbonyl (C=O) groups excluding carboxylic acids is 1. The Morgan fingerprint density at radius 3 is 2.95 bits per heavy atom. The Hall–Kier alpha value is -2.34. The van der Waals surface area contributed by atoms with E-state index in [9.17, 15) is 4.79 Å². The van der Waals surface area contributed by atoms with Gasteiger partial charge in [0.05, 0.1) is 12.2 Å². The lowest BCUT2D eigenvalue weighted by Gasteiger charge is -2.29. The third-order valence-corrected chi connectivity index (χ3v) is 3.32. The lowest BCUT2D eigenvalue weighted by molar-refractivity contribution is -0.121. The van der Waals surface area contributed by atoms with Crippen molar-refractivity contribution < 1.29 is 9.53 Å². The van der Waals surface area contributed by atoms with Gasteiger partial charge in [-0.3, -0.25) is 9.69 Å². The molecule has 3 rings (SSSR count). The van der Waals surface area contributed by atoms with Gasteiger partial charge in [-0.15, -0.1) is 0 Å². The summed E-state index contributed by atoms with van der Waals surface area (Å²) in [5, 5.41) is 0.529. The van der Waals surface area contributed by atoms with Crippen molar-refractivity contribution in [3.05, 3.63) is 40.8 Å². The number of benzene rings is 1. The van der Waals surface area contributed by atoms with Crippen LogP contribution in [0.25, 0.3) is 0 Å². The van der Waals surface area contributed by atoms with Gasteiger partial charge in [0.1, 0.15) is 11.6 Å². The van der Waals surface area contributed by atoms with Crippen molar-refractivity contribution in [3.8, 4) is 5.75 Å². The smallest absolute Gasteiger partial charge is 0.265 e. The number of fused-ring (bicyclic) bond motifs is 1. The number of carbonyl (C=O) groups is 1. The van der Waals surface area contributed by atoms with Gasteiger partial charge >= 0.3 is 0 Å². The highest BCUT2D eigenvalue weighted by Crippen LogP contribution is 2.35. The van der Waals surface area contributed by atoms with E-state index < -0.39 is 0 Å². The number of hydrogen-bond donors (Lipinski definition) is 1. The topological polar surface area (TPSA) is 81.3 Å². The number of aryl methyl sites for hydroxylation is 1. The Morgan fingerprint density at radius 2 is 2.19 bits per heavy atom. The minimum absolute atomic E-state index is 0.0179. The van der Waals surface area contributed by atoms with E-state index in [1.54, 1.807) is 29.2 Å². The van der Waals surface area contributed by atoms with Gasteiger partial charge in [0.15, 0.2) is 12.4 Å². The Morgan fingerprint density at radius 1 is 1.38 bits per heavy atom. The molecule has 2 heterocycles. The molecule has 0 aliphatic carbocycles. The van der Waals surface area contributed by atoms with Crippen LogP contribution in [0.3, 0.4) is 0 Å². The Balaban J connectivity index is 1.98. The number of hydrogen-bond acceptors (Lipinski definition) is 5. The summed E-state index contributed by atoms with van der Waals surface area (Å²) in [6, 6.07) is 6.82. The van der Waals surface area contributed by atoms with Gasteiger partial charge in [0.25, 0.3) is 5.91 Å². The molecule has 2 N–H and O–H groups in total. The predicted molar refractivity (Wildman–Crippen MR) is 79.3 cm³/mol. The molecule has 6 nitrogen and oxygen atoms in total. The first-order chi connectivity index (χ1) is 10.0. The molecule has 21 heavy (non-hydrogen) atoms. The van der Waals surface area contributed by atoms with E-state index in [0.29, 0.717) is 28.1 Å². The van der Waals surface area contributed by atoms with Gasteiger partial charge in [-0.1, -0.05) is 11.6 Å². The van der Waals surface area contributed by atoms with Gasteiger partial charge in [-0.2, -0.15) is 0 Å². The van der Waals surface area contributed by atoms with Crippen molar-refractivity contribution >= 4 is 29.0 Å². The number of aromatic nitrogens is 2. The average molecular weight is 305 g/mol. The van der Waals surface area contributed by atoms with Gasteiger partial charge < -0.3 is 10.5 Å². The van der Waals surface area contributed by atoms with Crippen molar-refractivity contribution in [1.82, 2.24) is 9.97 Å². The van der Waals surface area contributed by atoms with Gasteiger partial charge in [0.2, 0.25) is 0 Å². The second kappa shape index (κ2) is 5.21. The number of halogens is 1. The summed E-state index contributed by atoms with van der Waals surface area (Å²) in [5.41, 5.74) is 7.09. The van der Waals surface area contributed by atoms with Crippen LogP contribution >= 0.6 is 11.6 Å². The number of nitrogen functional groups attached to an aromatic ring is 1. The molecule has 1 aliphatic heterocycles. The Labute approximate surface area is 126 Å². The third kappa shape index (κ3) is 2.75. The zero-order valence-corrected chi connectivity index (χ0v) is 12.1. The van der Waals surface area contributed by atoms with Crippen LogP contribution in [0, 0.1) is 6.92 Å². The van der Waals surface area contributed by atoms with Crippen LogP contribution in [0.15, 0.2) is 24.3 Å². The molecule has 0 atom stereocenters. The molecule has 1 amide bonds. The summed E-state index contributed by atoms with van der Waals surface area (Å²) >= 11 is 6.00. The minimum atomic E-state index is -0.173. The van der Waals surface area contributed by atoms with Crippen LogP contribution in [0.1, 0.15) is 11.5 Å². The Kier molecular flexibility index (Phi) is 3.39. The van der Waals surface area contributed by atoms with E-state index in [2.05, 4.69) is 9.97 Å². The number of amides is 1. The molecule has 108 valence electrons. The third-order valence-electron chi connectivity index (χ3n) is 3.08. The monoisotopic (exact) mass is 304 g/mol. The molecule has 2 aromatic rings. The lowest BCUT2D eigenvalue weighted by Crippen LogP contribution is -2.38. The highest BCUT2D eigenvalue weighted by atomic mass is 35.5. The molecule has 0 spiro atoms. The summed E-state index contributed by atoms with van der Waals surface area (Å²) in [5.74, 6) is 1.30. The second-order valence-corrected chi connectivity index (χ2v) is 5.17. The first-order valence-electron chi connectivity index (χ1n) is 6.35. The molecule has 7 heteroatoms. The number of anilines is 2. The quantitative estimate of drug-likeness (QED) is 0.917. The highest BCUT2D eigenvalue weighted by Gasteiger charge is 2.26. The van der Waals surface area contributed by atoms with Crippen molar-refractivity contribution in [2.45, 2.75) is 13.5 Å². The molecule has 0 saturated carbocycles. The van der Waals surface area contributed by atoms with Crippen molar-refractivity contribution in [1.29, 1.82) is 0 Å². The number of ether oxygens (including phenoxy) is 1. The average Bonchev–Trinajstić information content (AvgIpc) is 2.41. The van der Waals surface area contributed by atoms with Crippen molar-refractivity contribution in [2.75, 3.05) is 17.2 Å². The standard InChI is InChI=1S/C14H13ClN4O2/c1-8-4-12(16)18-13(17-8)6-19-10-5-9(15)2-3-11(10)21-7-14(19)20/h2-5H,6-7H2,1H3,(H2,16,17,18). The molecule has 1 aromatic heterocycles. The normalized spacial score (nSPS) is 13.8. The van der Waals surface area contributed by atoms with Crippen LogP contribution < -0.4 is 15.4 Å². The van der Waals surface area contributed by atoms with Crippen LogP contribution in [0.5, 0.6) is 5.75 Å². The SMILES string of the molecule is Cc1cc(N)nc(CN2C(=O)COc3ccc(Cl)cc32)n1. The van der Waals surface area contributed by atoms with Crippen molar-refractivity contribution in [3.63, 3.8) is 0 Å². The van der Waals surface area contributed by atoms with E-state index in [1.807, 2.05) is 6.92 Å². The Bertz CT molecular complexity index is 700. The van der Waals surface area contributed by atoms with Crippen LogP contribution in [-0.2, 0) is 11.3 Å². The predicted octanol–water partition coefficient (Wildman–Crippen LogP) is 1.95. The molecular formula is C14H13ClN4O2. The summed E-state index contributed by atoms with van der Waals surface area (Å²) in [7, 11) is 0. The number of rotatable bonds is 2. The van der Waals surface area contributed by atoms with E-state index in [0.717, 1.165) is 5.69 Å². The van der Waals surface area contributed by atoms with Gasteiger partial charge in [-0.25, -0.2) is 9.97 Å². The molecule has 0 fully saturated rings. The van der Waals surface area contributed by atoms with Crippen LogP contribution in [0.2, 0.25) is 5.02 Å². The zero-order valence-electron chi connectivity index (χ0n) is 11.3. The second-order valence-electron chi connectivity index (χ2n) is 4.73. The first kappa shape index (κ1) is 13.6. The largest absolute Gasteiger partial charge is 0.482 e. The van der Waals surface area contributed by atoms with Crippen LogP contribution in [0.4, 0.5) is 11.5 Å². The maximum Gasteiger partial charge on any atom is 0.265 e. The van der Waals surface area contributed by atoms with E-state index in [4.69, 9.17) is 22.1 Å². The minimum Gasteiger partial charge on any atom is -0.482 e. The van der Waals surface area contributed by atoms with Gasteiger partial charge in [-0.05, 0) is 25.1 Å². The summed E-state index contributed by atoms with van der Waals surface area (Å²) in [4.78, 5) is 22.1. The molecule has 0 radical (unpaired) electrons. The first-order valence-corrected chi connectivity index (χ1v) is 6.73. The summed E-state index contributed by atoms with van der Waals surface area (Å²) < 4.78 is 5.39. The molecular weight excluding hydrogens is 292 g/mol. The fourth-order valence-electron chi connectivity index (χ4n) is 2.22. The van der Waals surface area contributed by atoms with E-state index in [-0.39, 0.29) is 19.1 Å². The fourth-order valence-corrected chi connectivity index (χ4v) is 2.38. The molecule has 1 aliphatic rings. The fraction of sp³-hybridized carbons (Fsp3) is 0.214. The molecule has 0 bridgehead atoms.